The van der Waals surface area contributed by atoms with Gasteiger partial charge in [-0.1, -0.05) is 54.1 Å². The lowest BCUT2D eigenvalue weighted by Crippen LogP contribution is -2.29. The minimum absolute atomic E-state index is 0.374. The first-order valence-corrected chi connectivity index (χ1v) is 7.90. The van der Waals surface area contributed by atoms with Crippen molar-refractivity contribution in [3.63, 3.8) is 0 Å². The van der Waals surface area contributed by atoms with Gasteiger partial charge in [0.1, 0.15) is 0 Å². The van der Waals surface area contributed by atoms with Crippen molar-refractivity contribution in [3.05, 3.63) is 76.3 Å². The summed E-state index contributed by atoms with van der Waals surface area (Å²) >= 11 is 6.27. The first kappa shape index (κ1) is 13.0. The molecular weight excluding hydrogens is 278 g/mol. The third-order valence-electron chi connectivity index (χ3n) is 4.79. The van der Waals surface area contributed by atoms with Crippen LogP contribution in [0.15, 0.2) is 54.6 Å². The van der Waals surface area contributed by atoms with Gasteiger partial charge in [-0.25, -0.2) is 0 Å². The highest BCUT2D eigenvalue weighted by atomic mass is 35.5. The molecule has 2 aromatic rings. The van der Waals surface area contributed by atoms with Crippen molar-refractivity contribution in [2.75, 3.05) is 5.32 Å². The van der Waals surface area contributed by atoms with E-state index in [4.69, 9.17) is 11.6 Å². The van der Waals surface area contributed by atoms with E-state index in [1.165, 1.54) is 22.4 Å². The van der Waals surface area contributed by atoms with Crippen molar-refractivity contribution in [1.29, 1.82) is 0 Å². The van der Waals surface area contributed by atoms with Gasteiger partial charge in [0.2, 0.25) is 0 Å². The molecule has 0 bridgehead atoms. The van der Waals surface area contributed by atoms with Gasteiger partial charge in [0.25, 0.3) is 0 Å². The summed E-state index contributed by atoms with van der Waals surface area (Å²) in [5, 5.41) is 4.62. The molecule has 0 unspecified atom stereocenters. The molecule has 1 aliphatic heterocycles. The van der Waals surface area contributed by atoms with Gasteiger partial charge in [-0.2, -0.15) is 0 Å². The fourth-order valence-corrected chi connectivity index (χ4v) is 4.11. The van der Waals surface area contributed by atoms with E-state index in [1.807, 2.05) is 0 Å². The Morgan fingerprint density at radius 2 is 1.95 bits per heavy atom. The number of aryl methyl sites for hydroxylation is 1. The summed E-state index contributed by atoms with van der Waals surface area (Å²) in [6, 6.07) is 15.3. The van der Waals surface area contributed by atoms with E-state index in [1.54, 1.807) is 0 Å². The summed E-state index contributed by atoms with van der Waals surface area (Å²) in [7, 11) is 0. The molecular formula is C19H18ClN. The molecule has 0 saturated carbocycles. The standard InChI is InChI=1S/C19H18ClN/c1-12-10-14(20)11-17-15-8-5-9-16(15)19(21-18(12)17)13-6-3-2-4-7-13/h2-8,10-11,15-16,19,21H,9H2,1H3/t15-,16+,19+/m0/s1. The predicted octanol–water partition coefficient (Wildman–Crippen LogP) is 5.47. The lowest BCUT2D eigenvalue weighted by Gasteiger charge is -2.38. The number of hydrogen-bond acceptors (Lipinski definition) is 1. The number of nitrogens with one attached hydrogen (secondary N) is 1. The van der Waals surface area contributed by atoms with Gasteiger partial charge in [-0.3, -0.25) is 0 Å². The molecule has 3 atom stereocenters. The Balaban J connectivity index is 1.84. The van der Waals surface area contributed by atoms with Crippen LogP contribution in [-0.4, -0.2) is 0 Å². The highest BCUT2D eigenvalue weighted by Crippen LogP contribution is 2.51. The zero-order valence-electron chi connectivity index (χ0n) is 12.0. The maximum absolute atomic E-state index is 6.27. The van der Waals surface area contributed by atoms with Gasteiger partial charge in [-0.05, 0) is 48.1 Å². The summed E-state index contributed by atoms with van der Waals surface area (Å²) in [6.07, 6.45) is 5.80. The van der Waals surface area contributed by atoms with Gasteiger partial charge in [0, 0.05) is 16.6 Å². The van der Waals surface area contributed by atoms with E-state index in [-0.39, 0.29) is 0 Å². The molecule has 2 aliphatic rings. The van der Waals surface area contributed by atoms with Crippen LogP contribution in [0.5, 0.6) is 0 Å². The Morgan fingerprint density at radius 3 is 2.76 bits per heavy atom. The average Bonchev–Trinajstić information content (AvgIpc) is 2.97. The Bertz CT molecular complexity index is 705. The second-order valence-electron chi connectivity index (χ2n) is 6.07. The van der Waals surface area contributed by atoms with E-state index in [9.17, 15) is 0 Å². The molecule has 0 amide bonds. The lowest BCUT2D eigenvalue weighted by atomic mass is 9.76. The predicted molar refractivity (Wildman–Crippen MR) is 89.0 cm³/mol. The van der Waals surface area contributed by atoms with E-state index in [2.05, 4.69) is 66.9 Å². The van der Waals surface area contributed by atoms with Gasteiger partial charge in [-0.15, -0.1) is 0 Å². The SMILES string of the molecule is Cc1cc(Cl)cc2c1N[C@H](c1ccccc1)[C@@H]1CC=C[C@H]21. The maximum Gasteiger partial charge on any atom is 0.0554 e. The highest BCUT2D eigenvalue weighted by molar-refractivity contribution is 6.30. The number of rotatable bonds is 1. The number of halogens is 1. The summed E-state index contributed by atoms with van der Waals surface area (Å²) in [5.41, 5.74) is 5.22. The zero-order valence-corrected chi connectivity index (χ0v) is 12.8. The Morgan fingerprint density at radius 1 is 1.14 bits per heavy atom. The summed E-state index contributed by atoms with van der Waals surface area (Å²) in [4.78, 5) is 0. The maximum atomic E-state index is 6.27. The van der Waals surface area contributed by atoms with Gasteiger partial charge in [0.15, 0.2) is 0 Å². The molecule has 1 heterocycles. The van der Waals surface area contributed by atoms with E-state index in [0.717, 1.165) is 11.4 Å². The second kappa shape index (κ2) is 4.92. The Kier molecular flexibility index (Phi) is 3.04. The van der Waals surface area contributed by atoms with Crippen LogP contribution in [0.4, 0.5) is 5.69 Å². The van der Waals surface area contributed by atoms with E-state index >= 15 is 0 Å². The molecule has 0 spiro atoms. The minimum Gasteiger partial charge on any atom is -0.377 e. The minimum atomic E-state index is 0.374. The summed E-state index contributed by atoms with van der Waals surface area (Å²) in [6.45, 7) is 2.14. The Hall–Kier alpha value is -1.73. The summed E-state index contributed by atoms with van der Waals surface area (Å²) < 4.78 is 0. The molecule has 0 aromatic heterocycles. The molecule has 0 radical (unpaired) electrons. The molecule has 0 saturated heterocycles. The number of fused-ring (bicyclic) bond motifs is 3. The van der Waals surface area contributed by atoms with Gasteiger partial charge >= 0.3 is 0 Å². The fourth-order valence-electron chi connectivity index (χ4n) is 3.83. The molecule has 0 fully saturated rings. The first-order chi connectivity index (χ1) is 10.2. The van der Waals surface area contributed by atoms with E-state index in [0.29, 0.717) is 17.9 Å². The number of benzene rings is 2. The molecule has 1 N–H and O–H groups in total. The van der Waals surface area contributed by atoms with Crippen LogP contribution in [0.2, 0.25) is 5.02 Å². The van der Waals surface area contributed by atoms with E-state index < -0.39 is 0 Å². The highest BCUT2D eigenvalue weighted by Gasteiger charge is 2.38. The van der Waals surface area contributed by atoms with Crippen LogP contribution in [0.1, 0.15) is 35.1 Å². The van der Waals surface area contributed by atoms with Crippen LogP contribution in [0, 0.1) is 12.8 Å². The average molecular weight is 296 g/mol. The third-order valence-corrected chi connectivity index (χ3v) is 5.01. The molecule has 106 valence electrons. The monoisotopic (exact) mass is 295 g/mol. The van der Waals surface area contributed by atoms with Crippen LogP contribution in [0.3, 0.4) is 0 Å². The summed E-state index contributed by atoms with van der Waals surface area (Å²) in [5.74, 6) is 1.06. The quantitative estimate of drug-likeness (QED) is 0.687. The molecule has 2 heteroatoms. The number of anilines is 1. The number of allylic oxidation sites excluding steroid dienone is 2. The van der Waals surface area contributed by atoms with Crippen LogP contribution >= 0.6 is 11.6 Å². The van der Waals surface area contributed by atoms with Crippen molar-refractivity contribution in [3.8, 4) is 0 Å². The molecule has 2 aromatic carbocycles. The Labute approximate surface area is 130 Å². The second-order valence-corrected chi connectivity index (χ2v) is 6.51. The largest absolute Gasteiger partial charge is 0.377 e. The lowest BCUT2D eigenvalue weighted by molar-refractivity contribution is 0.425. The van der Waals surface area contributed by atoms with Crippen molar-refractivity contribution in [1.82, 2.24) is 0 Å². The van der Waals surface area contributed by atoms with Crippen LogP contribution in [-0.2, 0) is 0 Å². The normalized spacial score (nSPS) is 26.1. The number of hydrogen-bond donors (Lipinski definition) is 1. The zero-order chi connectivity index (χ0) is 14.4. The van der Waals surface area contributed by atoms with Crippen molar-refractivity contribution < 1.29 is 0 Å². The third kappa shape index (κ3) is 2.08. The van der Waals surface area contributed by atoms with Gasteiger partial charge in [0.05, 0.1) is 6.04 Å². The smallest absolute Gasteiger partial charge is 0.0554 e. The molecule has 1 nitrogen and oxygen atoms in total. The molecule has 1 aliphatic carbocycles. The molecule has 4 rings (SSSR count). The van der Waals surface area contributed by atoms with Crippen molar-refractivity contribution >= 4 is 17.3 Å². The van der Waals surface area contributed by atoms with Crippen LogP contribution < -0.4 is 5.32 Å². The van der Waals surface area contributed by atoms with Crippen molar-refractivity contribution in [2.24, 2.45) is 5.92 Å². The molecule has 21 heavy (non-hydrogen) atoms. The van der Waals surface area contributed by atoms with Crippen molar-refractivity contribution in [2.45, 2.75) is 25.3 Å². The fraction of sp³-hybridized carbons (Fsp3) is 0.263. The van der Waals surface area contributed by atoms with Crippen LogP contribution in [0.25, 0.3) is 0 Å². The topological polar surface area (TPSA) is 12.0 Å². The first-order valence-electron chi connectivity index (χ1n) is 7.52. The van der Waals surface area contributed by atoms with Gasteiger partial charge < -0.3 is 5.32 Å².